The molecule has 0 saturated carbocycles. The zero-order chi connectivity index (χ0) is 29.4. The van der Waals surface area contributed by atoms with Crippen LogP contribution >= 0.6 is 11.6 Å². The van der Waals surface area contributed by atoms with E-state index in [0.717, 1.165) is 15.4 Å². The first-order valence-electron chi connectivity index (χ1n) is 13.4. The summed E-state index contributed by atoms with van der Waals surface area (Å²) in [6.07, 6.45) is 0.364. The Bertz CT molecular complexity index is 1430. The zero-order valence-electron chi connectivity index (χ0n) is 23.7. The number of sulfonamides is 1. The number of nitrogens with one attached hydrogen (secondary N) is 1. The highest BCUT2D eigenvalue weighted by Gasteiger charge is 2.34. The maximum absolute atomic E-state index is 14.1. The predicted octanol–water partition coefficient (Wildman–Crippen LogP) is 5.73. The fourth-order valence-electron chi connectivity index (χ4n) is 4.45. The van der Waals surface area contributed by atoms with Crippen molar-refractivity contribution in [2.45, 2.75) is 58.5 Å². The van der Waals surface area contributed by atoms with Gasteiger partial charge in [-0.1, -0.05) is 86.5 Å². The standard InChI is InChI=1S/C31H38ClN3O4S/c1-6-28(31(37)33-19-22(2)3)34(20-25-13-10-12-23(4)18-25)30(36)21-35(29-17-11-16-27(32)24(29)5)40(38,39)26-14-8-7-9-15-26/h7-18,22,28H,6,19-21H2,1-5H3,(H,33,37). The van der Waals surface area contributed by atoms with Crippen LogP contribution in [0.15, 0.2) is 77.7 Å². The number of hydrogen-bond donors (Lipinski definition) is 1. The quantitative estimate of drug-likeness (QED) is 0.295. The van der Waals surface area contributed by atoms with Crippen LogP contribution in [0.4, 0.5) is 5.69 Å². The molecule has 0 aliphatic heterocycles. The van der Waals surface area contributed by atoms with Crippen molar-refractivity contribution >= 4 is 39.1 Å². The van der Waals surface area contributed by atoms with Gasteiger partial charge in [-0.25, -0.2) is 8.42 Å². The molecule has 40 heavy (non-hydrogen) atoms. The van der Waals surface area contributed by atoms with Crippen LogP contribution in [0.1, 0.15) is 43.9 Å². The van der Waals surface area contributed by atoms with E-state index in [1.54, 1.807) is 43.3 Å². The second-order valence-corrected chi connectivity index (χ2v) is 12.6. The largest absolute Gasteiger partial charge is 0.354 e. The van der Waals surface area contributed by atoms with Gasteiger partial charge in [0.1, 0.15) is 12.6 Å². The van der Waals surface area contributed by atoms with Crippen molar-refractivity contribution in [1.82, 2.24) is 10.2 Å². The number of anilines is 1. The molecule has 214 valence electrons. The Labute approximate surface area is 243 Å². The molecule has 0 radical (unpaired) electrons. The van der Waals surface area contributed by atoms with Gasteiger partial charge in [0, 0.05) is 18.1 Å². The first kappa shape index (κ1) is 31.2. The monoisotopic (exact) mass is 583 g/mol. The average Bonchev–Trinajstić information content (AvgIpc) is 2.92. The van der Waals surface area contributed by atoms with E-state index >= 15 is 0 Å². The molecule has 0 heterocycles. The number of aryl methyl sites for hydroxylation is 1. The number of hydrogen-bond acceptors (Lipinski definition) is 4. The fraction of sp³-hybridized carbons (Fsp3) is 0.355. The van der Waals surface area contributed by atoms with Crippen LogP contribution in [0, 0.1) is 19.8 Å². The fourth-order valence-corrected chi connectivity index (χ4v) is 6.11. The summed E-state index contributed by atoms with van der Waals surface area (Å²) in [6.45, 7) is 9.63. The van der Waals surface area contributed by atoms with Crippen LogP contribution < -0.4 is 9.62 Å². The van der Waals surface area contributed by atoms with Crippen molar-refractivity contribution in [3.63, 3.8) is 0 Å². The van der Waals surface area contributed by atoms with Crippen LogP contribution in [0.5, 0.6) is 0 Å². The first-order valence-corrected chi connectivity index (χ1v) is 15.2. The topological polar surface area (TPSA) is 86.8 Å². The predicted molar refractivity (Wildman–Crippen MR) is 161 cm³/mol. The van der Waals surface area contributed by atoms with Gasteiger partial charge in [-0.15, -0.1) is 0 Å². The Hall–Kier alpha value is -3.36. The minimum Gasteiger partial charge on any atom is -0.354 e. The molecule has 0 saturated heterocycles. The van der Waals surface area contributed by atoms with E-state index in [4.69, 9.17) is 11.6 Å². The van der Waals surface area contributed by atoms with Crippen molar-refractivity contribution in [1.29, 1.82) is 0 Å². The van der Waals surface area contributed by atoms with E-state index in [-0.39, 0.29) is 23.3 Å². The summed E-state index contributed by atoms with van der Waals surface area (Å²) in [4.78, 5) is 29.0. The molecule has 2 amide bonds. The number of carbonyl (C=O) groups is 2. The number of rotatable bonds is 12. The Morgan fingerprint density at radius 1 is 0.950 bits per heavy atom. The van der Waals surface area contributed by atoms with E-state index in [1.165, 1.54) is 17.0 Å². The maximum atomic E-state index is 14.1. The summed E-state index contributed by atoms with van der Waals surface area (Å²) in [5.41, 5.74) is 2.70. The van der Waals surface area contributed by atoms with Gasteiger partial charge >= 0.3 is 0 Å². The van der Waals surface area contributed by atoms with E-state index in [9.17, 15) is 18.0 Å². The molecule has 7 nitrogen and oxygen atoms in total. The van der Waals surface area contributed by atoms with Crippen molar-refractivity contribution in [2.24, 2.45) is 5.92 Å². The third-order valence-corrected chi connectivity index (χ3v) is 8.81. The molecular weight excluding hydrogens is 546 g/mol. The molecule has 0 bridgehead atoms. The lowest BCUT2D eigenvalue weighted by molar-refractivity contribution is -0.140. The average molecular weight is 584 g/mol. The lowest BCUT2D eigenvalue weighted by atomic mass is 10.1. The van der Waals surface area contributed by atoms with Crippen LogP contribution in [-0.4, -0.2) is 44.3 Å². The highest BCUT2D eigenvalue weighted by atomic mass is 35.5. The molecular formula is C31H38ClN3O4S. The molecule has 1 N–H and O–H groups in total. The Morgan fingerprint density at radius 3 is 2.25 bits per heavy atom. The lowest BCUT2D eigenvalue weighted by Gasteiger charge is -2.33. The summed E-state index contributed by atoms with van der Waals surface area (Å²) < 4.78 is 29.0. The van der Waals surface area contributed by atoms with Crippen LogP contribution in [0.2, 0.25) is 5.02 Å². The van der Waals surface area contributed by atoms with Gasteiger partial charge in [0.2, 0.25) is 11.8 Å². The summed E-state index contributed by atoms with van der Waals surface area (Å²) >= 11 is 6.38. The van der Waals surface area contributed by atoms with Crippen LogP contribution in [-0.2, 0) is 26.2 Å². The molecule has 0 aliphatic carbocycles. The first-order chi connectivity index (χ1) is 18.9. The van der Waals surface area contributed by atoms with Crippen molar-refractivity contribution in [3.8, 4) is 0 Å². The summed E-state index contributed by atoms with van der Waals surface area (Å²) in [7, 11) is -4.15. The highest BCUT2D eigenvalue weighted by Crippen LogP contribution is 2.31. The second kappa shape index (κ2) is 13.8. The van der Waals surface area contributed by atoms with E-state index < -0.39 is 28.5 Å². The van der Waals surface area contributed by atoms with Gasteiger partial charge in [0.15, 0.2) is 0 Å². The number of benzene rings is 3. The minimum atomic E-state index is -4.15. The molecule has 0 aliphatic rings. The van der Waals surface area contributed by atoms with E-state index in [2.05, 4.69) is 5.32 Å². The van der Waals surface area contributed by atoms with Crippen molar-refractivity contribution in [3.05, 3.63) is 94.5 Å². The third kappa shape index (κ3) is 7.64. The Balaban J connectivity index is 2.08. The van der Waals surface area contributed by atoms with Gasteiger partial charge < -0.3 is 10.2 Å². The second-order valence-electron chi connectivity index (χ2n) is 10.3. The number of carbonyl (C=O) groups excluding carboxylic acids is 2. The summed E-state index contributed by atoms with van der Waals surface area (Å²) in [6, 6.07) is 19.9. The molecule has 0 aromatic heterocycles. The van der Waals surface area contributed by atoms with Gasteiger partial charge in [-0.05, 0) is 61.6 Å². The molecule has 3 aromatic carbocycles. The van der Waals surface area contributed by atoms with Gasteiger partial charge in [0.05, 0.1) is 10.6 Å². The number of amides is 2. The SMILES string of the molecule is CCC(C(=O)NCC(C)C)N(Cc1cccc(C)c1)C(=O)CN(c1cccc(Cl)c1C)S(=O)(=O)c1ccccc1. The van der Waals surface area contributed by atoms with E-state index in [1.807, 2.05) is 52.0 Å². The molecule has 1 unspecified atom stereocenters. The molecule has 0 fully saturated rings. The Kier molecular flexibility index (Phi) is 10.8. The number of halogens is 1. The van der Waals surface area contributed by atoms with Gasteiger partial charge in [0.25, 0.3) is 10.0 Å². The molecule has 3 aromatic rings. The highest BCUT2D eigenvalue weighted by molar-refractivity contribution is 7.92. The Morgan fingerprint density at radius 2 is 1.62 bits per heavy atom. The van der Waals surface area contributed by atoms with Crippen LogP contribution in [0.25, 0.3) is 0 Å². The molecule has 0 spiro atoms. The smallest absolute Gasteiger partial charge is 0.264 e. The lowest BCUT2D eigenvalue weighted by Crippen LogP contribution is -2.52. The van der Waals surface area contributed by atoms with Crippen LogP contribution in [0.3, 0.4) is 0 Å². The zero-order valence-corrected chi connectivity index (χ0v) is 25.3. The molecule has 1 atom stereocenters. The van der Waals surface area contributed by atoms with E-state index in [0.29, 0.717) is 29.2 Å². The van der Waals surface area contributed by atoms with Crippen molar-refractivity contribution < 1.29 is 18.0 Å². The van der Waals surface area contributed by atoms with Gasteiger partial charge in [-0.2, -0.15) is 0 Å². The maximum Gasteiger partial charge on any atom is 0.264 e. The normalized spacial score (nSPS) is 12.2. The minimum absolute atomic E-state index is 0.0501. The van der Waals surface area contributed by atoms with Gasteiger partial charge in [-0.3, -0.25) is 13.9 Å². The third-order valence-electron chi connectivity index (χ3n) is 6.62. The molecule has 9 heteroatoms. The van der Waals surface area contributed by atoms with Crippen molar-refractivity contribution in [2.75, 3.05) is 17.4 Å². The molecule has 3 rings (SSSR count). The number of nitrogens with zero attached hydrogens (tertiary/aromatic N) is 2. The summed E-state index contributed by atoms with van der Waals surface area (Å²) in [5.74, 6) is -0.528. The summed E-state index contributed by atoms with van der Waals surface area (Å²) in [5, 5.41) is 3.32.